The van der Waals surface area contributed by atoms with E-state index >= 15 is 0 Å². The van der Waals surface area contributed by atoms with Crippen LogP contribution in [0.4, 0.5) is 0 Å². The Labute approximate surface area is 75.0 Å². The maximum Gasteiger partial charge on any atom is 0.269 e. The van der Waals surface area contributed by atoms with E-state index < -0.39 is 0 Å². The third-order valence-electron chi connectivity index (χ3n) is 1.77. The summed E-state index contributed by atoms with van der Waals surface area (Å²) in [4.78, 5) is 17.8. The van der Waals surface area contributed by atoms with Crippen LogP contribution < -0.4 is 0 Å². The zero-order chi connectivity index (χ0) is 9.10. The lowest BCUT2D eigenvalue weighted by Crippen LogP contribution is -2.30. The van der Waals surface area contributed by atoms with Gasteiger partial charge in [-0.25, -0.2) is 5.06 Å². The van der Waals surface area contributed by atoms with Crippen molar-refractivity contribution >= 4 is 5.91 Å². The van der Waals surface area contributed by atoms with Crippen molar-refractivity contribution in [2.24, 2.45) is 0 Å². The smallest absolute Gasteiger partial charge is 0.269 e. The maximum absolute atomic E-state index is 11.4. The van der Waals surface area contributed by atoms with Gasteiger partial charge in [-0.1, -0.05) is 0 Å². The first-order chi connectivity index (χ1) is 6.36. The highest BCUT2D eigenvalue weighted by molar-refractivity contribution is 5.74. The normalized spacial score (nSPS) is 16.5. The van der Waals surface area contributed by atoms with Crippen LogP contribution in [0, 0.1) is 0 Å². The summed E-state index contributed by atoms with van der Waals surface area (Å²) in [7, 11) is 0. The minimum atomic E-state index is -0.103. The van der Waals surface area contributed by atoms with Crippen molar-refractivity contribution in [3.05, 3.63) is 12.4 Å². The van der Waals surface area contributed by atoms with E-state index in [0.717, 1.165) is 6.42 Å². The van der Waals surface area contributed by atoms with Crippen molar-refractivity contribution in [3.63, 3.8) is 0 Å². The van der Waals surface area contributed by atoms with Crippen molar-refractivity contribution in [1.82, 2.24) is 20.1 Å². The molecule has 6 heteroatoms. The Morgan fingerprint density at radius 2 is 2.23 bits per heavy atom. The molecule has 0 saturated carbocycles. The first-order valence-corrected chi connectivity index (χ1v) is 4.13. The van der Waals surface area contributed by atoms with Crippen molar-refractivity contribution < 1.29 is 9.63 Å². The van der Waals surface area contributed by atoms with Crippen LogP contribution in [-0.2, 0) is 16.2 Å². The monoisotopic (exact) mass is 182 g/mol. The largest absolute Gasteiger partial charge is 0.271 e. The van der Waals surface area contributed by atoms with Gasteiger partial charge in [-0.15, -0.1) is 0 Å². The molecule has 0 aromatic carbocycles. The minimum absolute atomic E-state index is 0.103. The molecule has 2 heterocycles. The number of aromatic nitrogens is 3. The predicted octanol–water partition coefficient (Wildman–Crippen LogP) is -0.558. The molecule has 0 aliphatic carbocycles. The fourth-order valence-electron chi connectivity index (χ4n) is 1.17. The quantitative estimate of drug-likeness (QED) is 0.615. The van der Waals surface area contributed by atoms with Crippen molar-refractivity contribution in [1.29, 1.82) is 0 Å². The second-order valence-electron chi connectivity index (χ2n) is 2.74. The summed E-state index contributed by atoms with van der Waals surface area (Å²) in [5, 5.41) is 9.02. The Hall–Kier alpha value is -1.43. The third-order valence-corrected chi connectivity index (χ3v) is 1.77. The Morgan fingerprint density at radius 3 is 2.85 bits per heavy atom. The number of carbonyl (C=O) groups excluding carboxylic acids is 1. The fourth-order valence-corrected chi connectivity index (χ4v) is 1.17. The highest BCUT2D eigenvalue weighted by Gasteiger charge is 2.19. The van der Waals surface area contributed by atoms with Crippen LogP contribution in [0.5, 0.6) is 0 Å². The molecule has 1 amide bonds. The highest BCUT2D eigenvalue weighted by Crippen LogP contribution is 2.04. The average molecular weight is 182 g/mol. The molecule has 0 bridgehead atoms. The molecule has 1 aromatic heterocycles. The molecule has 0 spiro atoms. The van der Waals surface area contributed by atoms with E-state index in [-0.39, 0.29) is 12.5 Å². The van der Waals surface area contributed by atoms with Crippen LogP contribution in [0.2, 0.25) is 0 Å². The highest BCUT2D eigenvalue weighted by atomic mass is 16.7. The van der Waals surface area contributed by atoms with Gasteiger partial charge in [-0.05, 0) is 6.42 Å². The molecule has 1 aliphatic heterocycles. The molecule has 0 radical (unpaired) electrons. The van der Waals surface area contributed by atoms with Gasteiger partial charge in [0.05, 0.1) is 25.5 Å². The molecule has 70 valence electrons. The molecule has 13 heavy (non-hydrogen) atoms. The third kappa shape index (κ3) is 1.83. The van der Waals surface area contributed by atoms with Gasteiger partial charge < -0.3 is 0 Å². The fraction of sp³-hybridized carbons (Fsp3) is 0.571. The van der Waals surface area contributed by atoms with Crippen molar-refractivity contribution in [2.45, 2.75) is 13.0 Å². The van der Waals surface area contributed by atoms with E-state index in [1.165, 1.54) is 22.3 Å². The van der Waals surface area contributed by atoms with Crippen molar-refractivity contribution in [3.8, 4) is 0 Å². The van der Waals surface area contributed by atoms with Crippen LogP contribution in [0.1, 0.15) is 6.42 Å². The zero-order valence-electron chi connectivity index (χ0n) is 7.09. The molecule has 0 unspecified atom stereocenters. The Balaban J connectivity index is 1.91. The Morgan fingerprint density at radius 1 is 1.46 bits per heavy atom. The first kappa shape index (κ1) is 8.18. The van der Waals surface area contributed by atoms with Gasteiger partial charge in [0.1, 0.15) is 6.54 Å². The number of hydrogen-bond acceptors (Lipinski definition) is 4. The van der Waals surface area contributed by atoms with Crippen LogP contribution in [0.15, 0.2) is 12.4 Å². The van der Waals surface area contributed by atoms with Gasteiger partial charge >= 0.3 is 0 Å². The lowest BCUT2D eigenvalue weighted by molar-refractivity contribution is -0.169. The summed E-state index contributed by atoms with van der Waals surface area (Å²) in [6.45, 7) is 1.44. The van der Waals surface area contributed by atoms with E-state index in [0.29, 0.717) is 13.2 Å². The van der Waals surface area contributed by atoms with Gasteiger partial charge in [0, 0.05) is 0 Å². The molecular formula is C7H10N4O2. The summed E-state index contributed by atoms with van der Waals surface area (Å²) in [6, 6.07) is 0. The van der Waals surface area contributed by atoms with E-state index in [2.05, 4.69) is 10.2 Å². The van der Waals surface area contributed by atoms with Crippen molar-refractivity contribution in [2.75, 3.05) is 13.2 Å². The number of nitrogens with zero attached hydrogens (tertiary/aromatic N) is 4. The second kappa shape index (κ2) is 3.53. The molecule has 0 N–H and O–H groups in total. The maximum atomic E-state index is 11.4. The lowest BCUT2D eigenvalue weighted by Gasteiger charge is -2.12. The molecule has 0 atom stereocenters. The van der Waals surface area contributed by atoms with Gasteiger partial charge in [-0.2, -0.15) is 15.0 Å². The summed E-state index contributed by atoms with van der Waals surface area (Å²) in [5.41, 5.74) is 0. The zero-order valence-corrected chi connectivity index (χ0v) is 7.09. The topological polar surface area (TPSA) is 60.2 Å². The van der Waals surface area contributed by atoms with E-state index in [9.17, 15) is 4.79 Å². The minimum Gasteiger partial charge on any atom is -0.271 e. The van der Waals surface area contributed by atoms with E-state index in [1.54, 1.807) is 0 Å². The molecule has 1 saturated heterocycles. The second-order valence-corrected chi connectivity index (χ2v) is 2.74. The molecule has 1 aromatic rings. The number of hydrogen-bond donors (Lipinski definition) is 0. The van der Waals surface area contributed by atoms with Gasteiger partial charge in [0.25, 0.3) is 5.91 Å². The van der Waals surface area contributed by atoms with Gasteiger partial charge in [-0.3, -0.25) is 9.63 Å². The van der Waals surface area contributed by atoms with E-state index in [4.69, 9.17) is 4.84 Å². The molecule has 6 nitrogen and oxygen atoms in total. The summed E-state index contributed by atoms with van der Waals surface area (Å²) in [5.74, 6) is -0.103. The van der Waals surface area contributed by atoms with Crippen LogP contribution in [0.25, 0.3) is 0 Å². The number of rotatable bonds is 2. The summed E-state index contributed by atoms with van der Waals surface area (Å²) >= 11 is 0. The van der Waals surface area contributed by atoms with Crippen LogP contribution in [-0.4, -0.2) is 39.1 Å². The Bertz CT molecular complexity index is 279. The van der Waals surface area contributed by atoms with Crippen LogP contribution in [0.3, 0.4) is 0 Å². The van der Waals surface area contributed by atoms with E-state index in [1.807, 2.05) is 0 Å². The predicted molar refractivity (Wildman–Crippen MR) is 42.3 cm³/mol. The Kier molecular flexibility index (Phi) is 2.22. The molecule has 1 fully saturated rings. The number of hydroxylamine groups is 2. The standard InChI is InChI=1S/C7H10N4O2/c12-7(10-4-1-5-13-10)6-11-8-2-3-9-11/h2-3H,1,4-6H2. The van der Waals surface area contributed by atoms with Gasteiger partial charge in [0.15, 0.2) is 0 Å². The molecule has 2 rings (SSSR count). The number of carbonyl (C=O) groups is 1. The molecular weight excluding hydrogens is 172 g/mol. The average Bonchev–Trinajstić information content (AvgIpc) is 2.74. The van der Waals surface area contributed by atoms with Gasteiger partial charge in [0.2, 0.25) is 0 Å². The summed E-state index contributed by atoms with van der Waals surface area (Å²) < 4.78 is 0. The number of amides is 1. The SMILES string of the molecule is O=C(Cn1nccn1)N1CCCO1. The van der Waals surface area contributed by atoms with Crippen LogP contribution >= 0.6 is 0 Å². The lowest BCUT2D eigenvalue weighted by atomic mass is 10.4. The first-order valence-electron chi connectivity index (χ1n) is 4.13. The molecule has 1 aliphatic rings. The summed E-state index contributed by atoms with van der Waals surface area (Å²) in [6.07, 6.45) is 3.98.